The van der Waals surface area contributed by atoms with Crippen LogP contribution in [-0.2, 0) is 4.79 Å². The van der Waals surface area contributed by atoms with Crippen molar-refractivity contribution in [3.05, 3.63) is 70.3 Å². The van der Waals surface area contributed by atoms with Gasteiger partial charge in [-0.25, -0.2) is 4.98 Å². The summed E-state index contributed by atoms with van der Waals surface area (Å²) in [6.45, 7) is 8.99. The number of amides is 1. The summed E-state index contributed by atoms with van der Waals surface area (Å²) in [5, 5.41) is 0.589. The lowest BCUT2D eigenvalue weighted by molar-refractivity contribution is -0.136. The number of aromatic nitrogens is 2. The van der Waals surface area contributed by atoms with Gasteiger partial charge in [-0.2, -0.15) is 0 Å². The van der Waals surface area contributed by atoms with Crippen LogP contribution in [0.15, 0.2) is 53.3 Å². The molecule has 0 saturated heterocycles. The second kappa shape index (κ2) is 8.66. The SMILES string of the molecule is CCC(c1nc2ccccc2c(=O)n1-c1cccc(C)c1)N(CC(C)C)C(=O)C1CC1. The second-order valence-electron chi connectivity index (χ2n) is 9.05. The Balaban J connectivity index is 1.96. The Hall–Kier alpha value is -2.95. The summed E-state index contributed by atoms with van der Waals surface area (Å²) in [4.78, 5) is 33.9. The Morgan fingerprint density at radius 2 is 1.90 bits per heavy atom. The number of para-hydroxylation sites is 1. The highest BCUT2D eigenvalue weighted by Crippen LogP contribution is 2.35. The van der Waals surface area contributed by atoms with Crippen LogP contribution in [0.4, 0.5) is 0 Å². The Morgan fingerprint density at radius 1 is 1.16 bits per heavy atom. The van der Waals surface area contributed by atoms with Crippen molar-refractivity contribution in [1.29, 1.82) is 0 Å². The standard InChI is InChI=1S/C26H31N3O2/c1-5-23(28(16-17(2)3)25(30)19-13-14-19)24-27-22-12-7-6-11-21(22)26(31)29(24)20-10-8-9-18(4)15-20/h6-12,15,17,19,23H,5,13-14,16H2,1-4H3. The Morgan fingerprint density at radius 3 is 2.55 bits per heavy atom. The lowest BCUT2D eigenvalue weighted by Gasteiger charge is -2.34. The molecule has 31 heavy (non-hydrogen) atoms. The highest BCUT2D eigenvalue weighted by Gasteiger charge is 2.38. The maximum Gasteiger partial charge on any atom is 0.266 e. The fourth-order valence-corrected chi connectivity index (χ4v) is 4.26. The summed E-state index contributed by atoms with van der Waals surface area (Å²) >= 11 is 0. The monoisotopic (exact) mass is 417 g/mol. The van der Waals surface area contributed by atoms with E-state index in [1.54, 1.807) is 4.57 Å². The van der Waals surface area contributed by atoms with E-state index in [0.29, 0.717) is 35.6 Å². The minimum atomic E-state index is -0.256. The molecule has 2 aromatic carbocycles. The molecule has 0 aliphatic heterocycles. The zero-order valence-corrected chi connectivity index (χ0v) is 18.8. The van der Waals surface area contributed by atoms with Gasteiger partial charge in [-0.1, -0.05) is 45.0 Å². The number of benzene rings is 2. The fraction of sp³-hybridized carbons (Fsp3) is 0.423. The highest BCUT2D eigenvalue weighted by molar-refractivity contribution is 5.82. The molecule has 1 unspecified atom stereocenters. The van der Waals surface area contributed by atoms with E-state index >= 15 is 0 Å². The molecule has 1 amide bonds. The molecule has 4 rings (SSSR count). The van der Waals surface area contributed by atoms with Crippen LogP contribution in [-0.4, -0.2) is 26.9 Å². The Labute approximate surface area is 183 Å². The van der Waals surface area contributed by atoms with Gasteiger partial charge < -0.3 is 4.90 Å². The number of hydrogen-bond donors (Lipinski definition) is 0. The van der Waals surface area contributed by atoms with Crippen LogP contribution in [0.3, 0.4) is 0 Å². The van der Waals surface area contributed by atoms with Crippen molar-refractivity contribution in [3.8, 4) is 5.69 Å². The summed E-state index contributed by atoms with van der Waals surface area (Å²) < 4.78 is 1.72. The van der Waals surface area contributed by atoms with Crippen molar-refractivity contribution < 1.29 is 4.79 Å². The molecule has 1 aromatic heterocycles. The Bertz CT molecular complexity index is 1160. The summed E-state index contributed by atoms with van der Waals surface area (Å²) in [6.07, 6.45) is 2.61. The van der Waals surface area contributed by atoms with E-state index in [1.165, 1.54) is 0 Å². The van der Waals surface area contributed by atoms with Gasteiger partial charge in [0.05, 0.1) is 22.6 Å². The largest absolute Gasteiger partial charge is 0.332 e. The van der Waals surface area contributed by atoms with Gasteiger partial charge in [0.25, 0.3) is 5.56 Å². The minimum Gasteiger partial charge on any atom is -0.332 e. The number of carbonyl (C=O) groups is 1. The number of aryl methyl sites for hydroxylation is 1. The van der Waals surface area contributed by atoms with Crippen molar-refractivity contribution in [2.24, 2.45) is 11.8 Å². The van der Waals surface area contributed by atoms with Gasteiger partial charge in [0, 0.05) is 12.5 Å². The van der Waals surface area contributed by atoms with Crippen LogP contribution >= 0.6 is 0 Å². The zero-order valence-electron chi connectivity index (χ0n) is 18.8. The first-order valence-electron chi connectivity index (χ1n) is 11.3. The highest BCUT2D eigenvalue weighted by atomic mass is 16.2. The van der Waals surface area contributed by atoms with Crippen molar-refractivity contribution >= 4 is 16.8 Å². The smallest absolute Gasteiger partial charge is 0.266 e. The number of hydrogen-bond acceptors (Lipinski definition) is 3. The van der Waals surface area contributed by atoms with E-state index in [1.807, 2.05) is 60.4 Å². The van der Waals surface area contributed by atoms with Crippen molar-refractivity contribution in [3.63, 3.8) is 0 Å². The molecule has 1 fully saturated rings. The van der Waals surface area contributed by atoms with Gasteiger partial charge >= 0.3 is 0 Å². The third-order valence-electron chi connectivity index (χ3n) is 5.89. The molecule has 0 bridgehead atoms. The molecule has 5 heteroatoms. The van der Waals surface area contributed by atoms with E-state index in [9.17, 15) is 9.59 Å². The molecule has 1 aliphatic carbocycles. The molecular formula is C26H31N3O2. The molecule has 1 atom stereocenters. The third kappa shape index (κ3) is 4.27. The van der Waals surface area contributed by atoms with Crippen molar-refractivity contribution in [2.45, 2.75) is 53.0 Å². The fourth-order valence-electron chi connectivity index (χ4n) is 4.26. The van der Waals surface area contributed by atoms with Crippen LogP contribution < -0.4 is 5.56 Å². The molecule has 1 heterocycles. The number of fused-ring (bicyclic) bond motifs is 1. The molecular weight excluding hydrogens is 386 g/mol. The average molecular weight is 418 g/mol. The summed E-state index contributed by atoms with van der Waals surface area (Å²) in [7, 11) is 0. The first kappa shape index (κ1) is 21.3. The van der Waals surface area contributed by atoms with Crippen LogP contribution in [0.25, 0.3) is 16.6 Å². The third-order valence-corrected chi connectivity index (χ3v) is 5.89. The summed E-state index contributed by atoms with van der Waals surface area (Å²) in [6, 6.07) is 15.1. The van der Waals surface area contributed by atoms with Gasteiger partial charge in [-0.05, 0) is 61.9 Å². The number of rotatable bonds is 7. The van der Waals surface area contributed by atoms with Crippen LogP contribution in [0.1, 0.15) is 57.5 Å². The van der Waals surface area contributed by atoms with E-state index in [2.05, 4.69) is 20.8 Å². The molecule has 1 saturated carbocycles. The van der Waals surface area contributed by atoms with Crippen LogP contribution in [0.2, 0.25) is 0 Å². The minimum absolute atomic E-state index is 0.0898. The van der Waals surface area contributed by atoms with E-state index in [0.717, 1.165) is 24.1 Å². The quantitative estimate of drug-likeness (QED) is 0.541. The number of nitrogens with zero attached hydrogens (tertiary/aromatic N) is 3. The van der Waals surface area contributed by atoms with Crippen LogP contribution in [0.5, 0.6) is 0 Å². The van der Waals surface area contributed by atoms with Gasteiger partial charge in [-0.3, -0.25) is 14.2 Å². The molecule has 162 valence electrons. The molecule has 0 spiro atoms. The number of carbonyl (C=O) groups excluding carboxylic acids is 1. The van der Waals surface area contributed by atoms with E-state index < -0.39 is 0 Å². The molecule has 0 N–H and O–H groups in total. The zero-order chi connectivity index (χ0) is 22.1. The van der Waals surface area contributed by atoms with Gasteiger partial charge in [0.15, 0.2) is 0 Å². The normalized spacial score (nSPS) is 14.7. The molecule has 1 aliphatic rings. The average Bonchev–Trinajstić information content (AvgIpc) is 3.58. The topological polar surface area (TPSA) is 55.2 Å². The van der Waals surface area contributed by atoms with Crippen molar-refractivity contribution in [1.82, 2.24) is 14.5 Å². The van der Waals surface area contributed by atoms with E-state index in [4.69, 9.17) is 4.98 Å². The van der Waals surface area contributed by atoms with Gasteiger partial charge in [-0.15, -0.1) is 0 Å². The summed E-state index contributed by atoms with van der Waals surface area (Å²) in [5.74, 6) is 1.29. The predicted molar refractivity (Wildman–Crippen MR) is 124 cm³/mol. The molecule has 0 radical (unpaired) electrons. The van der Waals surface area contributed by atoms with Crippen molar-refractivity contribution in [2.75, 3.05) is 6.54 Å². The lowest BCUT2D eigenvalue weighted by Crippen LogP contribution is -2.41. The van der Waals surface area contributed by atoms with Gasteiger partial charge in [0.2, 0.25) is 5.91 Å². The van der Waals surface area contributed by atoms with Crippen LogP contribution in [0, 0.1) is 18.8 Å². The maximum atomic E-state index is 13.7. The lowest BCUT2D eigenvalue weighted by atomic mass is 10.1. The Kier molecular flexibility index (Phi) is 5.94. The van der Waals surface area contributed by atoms with Gasteiger partial charge in [0.1, 0.15) is 5.82 Å². The maximum absolute atomic E-state index is 13.7. The molecule has 5 nitrogen and oxygen atoms in total. The van der Waals surface area contributed by atoms with E-state index in [-0.39, 0.29) is 23.4 Å². The predicted octanol–water partition coefficient (Wildman–Crippen LogP) is 5.04. The first-order chi connectivity index (χ1) is 14.9. The first-order valence-corrected chi connectivity index (χ1v) is 11.3. The second-order valence-corrected chi connectivity index (χ2v) is 9.05. The molecule has 3 aromatic rings. The summed E-state index contributed by atoms with van der Waals surface area (Å²) in [5.41, 5.74) is 2.45.